The van der Waals surface area contributed by atoms with Crippen molar-refractivity contribution in [3.63, 3.8) is 0 Å². The molecule has 0 aromatic rings. The van der Waals surface area contributed by atoms with E-state index in [0.29, 0.717) is 0 Å². The number of rotatable bonds is 1. The quantitative estimate of drug-likeness (QED) is 0.600. The SMILES string of the molecule is C=C(C)C1CCCCC1.CCN. The van der Waals surface area contributed by atoms with Gasteiger partial charge in [0, 0.05) is 0 Å². The maximum atomic E-state index is 4.85. The number of hydrogen-bond donors (Lipinski definition) is 1. The second-order valence-electron chi connectivity index (χ2n) is 3.59. The van der Waals surface area contributed by atoms with Crippen molar-refractivity contribution >= 4 is 0 Å². The molecule has 0 unspecified atom stereocenters. The molecule has 72 valence electrons. The third-order valence-corrected chi connectivity index (χ3v) is 2.30. The first-order chi connectivity index (χ1) is 5.72. The summed E-state index contributed by atoms with van der Waals surface area (Å²) in [5.41, 5.74) is 6.25. The van der Waals surface area contributed by atoms with Gasteiger partial charge in [-0.2, -0.15) is 0 Å². The van der Waals surface area contributed by atoms with Gasteiger partial charge in [-0.1, -0.05) is 38.3 Å². The summed E-state index contributed by atoms with van der Waals surface area (Å²) >= 11 is 0. The third kappa shape index (κ3) is 5.36. The highest BCUT2D eigenvalue weighted by atomic mass is 14.5. The van der Waals surface area contributed by atoms with E-state index in [2.05, 4.69) is 13.5 Å². The number of nitrogens with two attached hydrogens (primary N) is 1. The fourth-order valence-electron chi connectivity index (χ4n) is 1.60. The van der Waals surface area contributed by atoms with Crippen LogP contribution in [0.2, 0.25) is 0 Å². The van der Waals surface area contributed by atoms with Crippen molar-refractivity contribution in [2.75, 3.05) is 6.54 Å². The second-order valence-corrected chi connectivity index (χ2v) is 3.59. The van der Waals surface area contributed by atoms with E-state index in [0.717, 1.165) is 12.5 Å². The maximum Gasteiger partial charge on any atom is -0.0106 e. The molecule has 0 atom stereocenters. The van der Waals surface area contributed by atoms with Crippen LogP contribution in [-0.2, 0) is 0 Å². The minimum absolute atomic E-state index is 0.750. The van der Waals surface area contributed by atoms with E-state index in [1.807, 2.05) is 6.92 Å². The molecule has 1 heteroatoms. The van der Waals surface area contributed by atoms with Crippen LogP contribution >= 0.6 is 0 Å². The fourth-order valence-corrected chi connectivity index (χ4v) is 1.60. The lowest BCUT2D eigenvalue weighted by molar-refractivity contribution is 0.404. The molecule has 1 fully saturated rings. The Hall–Kier alpha value is -0.300. The van der Waals surface area contributed by atoms with Crippen molar-refractivity contribution in [2.24, 2.45) is 11.7 Å². The highest BCUT2D eigenvalue weighted by Gasteiger charge is 2.12. The molecule has 0 radical (unpaired) electrons. The zero-order valence-electron chi connectivity index (χ0n) is 8.60. The minimum atomic E-state index is 0.750. The van der Waals surface area contributed by atoms with Crippen molar-refractivity contribution in [2.45, 2.75) is 46.0 Å². The van der Waals surface area contributed by atoms with Crippen molar-refractivity contribution in [3.05, 3.63) is 12.2 Å². The Balaban J connectivity index is 0.000000354. The van der Waals surface area contributed by atoms with Gasteiger partial charge in [-0.05, 0) is 32.2 Å². The van der Waals surface area contributed by atoms with Crippen molar-refractivity contribution < 1.29 is 0 Å². The Kier molecular flexibility index (Phi) is 7.17. The fraction of sp³-hybridized carbons (Fsp3) is 0.818. The van der Waals surface area contributed by atoms with Gasteiger partial charge in [-0.3, -0.25) is 0 Å². The Morgan fingerprint density at radius 1 is 1.33 bits per heavy atom. The van der Waals surface area contributed by atoms with Crippen LogP contribution in [0.4, 0.5) is 0 Å². The lowest BCUT2D eigenvalue weighted by atomic mass is 9.85. The van der Waals surface area contributed by atoms with Crippen LogP contribution in [0.1, 0.15) is 46.0 Å². The average molecular weight is 169 g/mol. The zero-order chi connectivity index (χ0) is 9.40. The van der Waals surface area contributed by atoms with Gasteiger partial charge < -0.3 is 5.73 Å². The molecule has 1 saturated carbocycles. The molecule has 0 aromatic heterocycles. The first-order valence-corrected chi connectivity index (χ1v) is 5.07. The molecule has 1 nitrogen and oxygen atoms in total. The standard InChI is InChI=1S/C9H16.C2H7N/c1-8(2)9-6-4-3-5-7-9;1-2-3/h9H,1,3-7H2,2H3;2-3H2,1H3. The molecule has 0 aromatic carbocycles. The molecule has 2 N–H and O–H groups in total. The summed E-state index contributed by atoms with van der Waals surface area (Å²) in [6, 6.07) is 0. The first-order valence-electron chi connectivity index (χ1n) is 5.07. The average Bonchev–Trinajstić information content (AvgIpc) is 2.07. The molecular formula is C11H23N. The first kappa shape index (κ1) is 11.7. The third-order valence-electron chi connectivity index (χ3n) is 2.30. The molecule has 12 heavy (non-hydrogen) atoms. The van der Waals surface area contributed by atoms with Crippen LogP contribution in [-0.4, -0.2) is 6.54 Å². The van der Waals surface area contributed by atoms with Gasteiger partial charge in [-0.15, -0.1) is 0 Å². The van der Waals surface area contributed by atoms with Crippen molar-refractivity contribution in [1.82, 2.24) is 0 Å². The molecule has 1 aliphatic carbocycles. The topological polar surface area (TPSA) is 26.0 Å². The van der Waals surface area contributed by atoms with E-state index in [4.69, 9.17) is 5.73 Å². The normalized spacial score (nSPS) is 17.9. The Bertz CT molecular complexity index is 112. The summed E-state index contributed by atoms with van der Waals surface area (Å²) in [5.74, 6) is 0.860. The Morgan fingerprint density at radius 2 is 1.75 bits per heavy atom. The largest absolute Gasteiger partial charge is 0.331 e. The number of hydrogen-bond acceptors (Lipinski definition) is 1. The molecule has 1 aliphatic rings. The zero-order valence-corrected chi connectivity index (χ0v) is 8.60. The maximum absolute atomic E-state index is 4.85. The smallest absolute Gasteiger partial charge is 0.0106 e. The monoisotopic (exact) mass is 169 g/mol. The summed E-state index contributed by atoms with van der Waals surface area (Å²) in [6.07, 6.45) is 7.10. The minimum Gasteiger partial charge on any atom is -0.331 e. The second kappa shape index (κ2) is 7.35. The molecule has 0 saturated heterocycles. The summed E-state index contributed by atoms with van der Waals surface area (Å²) < 4.78 is 0. The summed E-state index contributed by atoms with van der Waals surface area (Å²) in [4.78, 5) is 0. The van der Waals surface area contributed by atoms with Gasteiger partial charge in [0.1, 0.15) is 0 Å². The van der Waals surface area contributed by atoms with E-state index in [1.165, 1.54) is 37.7 Å². The van der Waals surface area contributed by atoms with Crippen molar-refractivity contribution in [1.29, 1.82) is 0 Å². The summed E-state index contributed by atoms with van der Waals surface area (Å²) in [5, 5.41) is 0. The summed E-state index contributed by atoms with van der Waals surface area (Å²) in [6.45, 7) is 8.79. The predicted octanol–water partition coefficient (Wildman–Crippen LogP) is 3.11. The molecule has 0 amide bonds. The van der Waals surface area contributed by atoms with Gasteiger partial charge in [0.05, 0.1) is 0 Å². The molecule has 0 heterocycles. The van der Waals surface area contributed by atoms with E-state index < -0.39 is 0 Å². The van der Waals surface area contributed by atoms with Gasteiger partial charge >= 0.3 is 0 Å². The van der Waals surface area contributed by atoms with Crippen LogP contribution in [0.15, 0.2) is 12.2 Å². The molecule has 0 aliphatic heterocycles. The molecular weight excluding hydrogens is 146 g/mol. The summed E-state index contributed by atoms with van der Waals surface area (Å²) in [7, 11) is 0. The highest BCUT2D eigenvalue weighted by molar-refractivity contribution is 4.96. The van der Waals surface area contributed by atoms with E-state index in [1.54, 1.807) is 0 Å². The van der Waals surface area contributed by atoms with Gasteiger partial charge in [0.2, 0.25) is 0 Å². The number of allylic oxidation sites excluding steroid dienone is 1. The van der Waals surface area contributed by atoms with Crippen molar-refractivity contribution in [3.8, 4) is 0 Å². The van der Waals surface area contributed by atoms with Gasteiger partial charge in [-0.25, -0.2) is 0 Å². The lowest BCUT2D eigenvalue weighted by Gasteiger charge is -2.21. The van der Waals surface area contributed by atoms with Crippen LogP contribution in [0.25, 0.3) is 0 Å². The van der Waals surface area contributed by atoms with Crippen LogP contribution in [0, 0.1) is 5.92 Å². The molecule has 0 bridgehead atoms. The van der Waals surface area contributed by atoms with E-state index in [9.17, 15) is 0 Å². The van der Waals surface area contributed by atoms with E-state index >= 15 is 0 Å². The predicted molar refractivity (Wildman–Crippen MR) is 56.1 cm³/mol. The van der Waals surface area contributed by atoms with Crippen LogP contribution < -0.4 is 5.73 Å². The Labute approximate surface area is 77.0 Å². The van der Waals surface area contributed by atoms with Crippen LogP contribution in [0.5, 0.6) is 0 Å². The van der Waals surface area contributed by atoms with Gasteiger partial charge in [0.15, 0.2) is 0 Å². The highest BCUT2D eigenvalue weighted by Crippen LogP contribution is 2.27. The molecule has 1 rings (SSSR count). The Morgan fingerprint density at radius 3 is 2.00 bits per heavy atom. The van der Waals surface area contributed by atoms with Crippen LogP contribution in [0.3, 0.4) is 0 Å². The lowest BCUT2D eigenvalue weighted by Crippen LogP contribution is -2.05. The van der Waals surface area contributed by atoms with Gasteiger partial charge in [0.25, 0.3) is 0 Å². The molecule has 0 spiro atoms. The van der Waals surface area contributed by atoms with E-state index in [-0.39, 0.29) is 0 Å².